The van der Waals surface area contributed by atoms with Gasteiger partial charge in [0.1, 0.15) is 0 Å². The van der Waals surface area contributed by atoms with Crippen molar-refractivity contribution in [2.45, 2.75) is 19.4 Å². The first-order valence-corrected chi connectivity index (χ1v) is 4.68. The summed E-state index contributed by atoms with van der Waals surface area (Å²) in [5, 5.41) is 18.4. The van der Waals surface area contributed by atoms with Gasteiger partial charge in [-0.05, 0) is 45.1 Å². The zero-order chi connectivity index (χ0) is 10.7. The maximum Gasteiger partial charge on any atom is 0.157 e. The minimum absolute atomic E-state index is 0.0477. The molecule has 0 aromatic heterocycles. The molecule has 2 N–H and O–H groups in total. The summed E-state index contributed by atoms with van der Waals surface area (Å²) in [6.45, 7) is 2.11. The number of benzene rings is 1. The van der Waals surface area contributed by atoms with E-state index in [0.717, 1.165) is 12.0 Å². The monoisotopic (exact) mass is 195 g/mol. The van der Waals surface area contributed by atoms with Crippen LogP contribution in [-0.2, 0) is 6.42 Å². The third-order valence-electron chi connectivity index (χ3n) is 2.45. The van der Waals surface area contributed by atoms with Crippen LogP contribution in [-0.4, -0.2) is 35.3 Å². The fourth-order valence-electron chi connectivity index (χ4n) is 1.22. The molecule has 78 valence electrons. The van der Waals surface area contributed by atoms with Gasteiger partial charge in [0.15, 0.2) is 11.5 Å². The van der Waals surface area contributed by atoms with E-state index >= 15 is 0 Å². The highest BCUT2D eigenvalue weighted by Gasteiger charge is 2.07. The second kappa shape index (κ2) is 4.33. The third kappa shape index (κ3) is 2.64. The lowest BCUT2D eigenvalue weighted by atomic mass is 10.1. The molecule has 0 bridgehead atoms. The zero-order valence-corrected chi connectivity index (χ0v) is 8.86. The second-order valence-corrected chi connectivity index (χ2v) is 3.84. The van der Waals surface area contributed by atoms with E-state index in [1.165, 1.54) is 6.07 Å². The van der Waals surface area contributed by atoms with Gasteiger partial charge in [-0.25, -0.2) is 0 Å². The number of hydrogen-bond donors (Lipinski definition) is 2. The molecular weight excluding hydrogens is 178 g/mol. The van der Waals surface area contributed by atoms with E-state index in [1.54, 1.807) is 6.07 Å². The van der Waals surface area contributed by atoms with Crippen LogP contribution >= 0.6 is 0 Å². The van der Waals surface area contributed by atoms with Gasteiger partial charge in [0, 0.05) is 6.04 Å². The Morgan fingerprint density at radius 3 is 2.36 bits per heavy atom. The molecule has 0 spiro atoms. The lowest BCUT2D eigenvalue weighted by Gasteiger charge is -2.19. The van der Waals surface area contributed by atoms with Crippen molar-refractivity contribution in [2.24, 2.45) is 0 Å². The van der Waals surface area contributed by atoms with Gasteiger partial charge in [-0.15, -0.1) is 0 Å². The third-order valence-corrected chi connectivity index (χ3v) is 2.45. The lowest BCUT2D eigenvalue weighted by Crippen LogP contribution is -2.26. The molecule has 0 aliphatic carbocycles. The predicted molar refractivity (Wildman–Crippen MR) is 56.6 cm³/mol. The Bertz CT molecular complexity index is 310. The molecule has 0 radical (unpaired) electrons. The van der Waals surface area contributed by atoms with E-state index in [9.17, 15) is 5.11 Å². The lowest BCUT2D eigenvalue weighted by molar-refractivity contribution is 0.312. The van der Waals surface area contributed by atoms with Crippen molar-refractivity contribution in [1.29, 1.82) is 0 Å². The van der Waals surface area contributed by atoms with Crippen LogP contribution in [0.2, 0.25) is 0 Å². The number of likely N-dealkylation sites (N-methyl/N-ethyl adjacent to an activating group) is 1. The Hall–Kier alpha value is -1.22. The number of phenols is 2. The first kappa shape index (κ1) is 10.9. The van der Waals surface area contributed by atoms with Crippen molar-refractivity contribution in [2.75, 3.05) is 14.1 Å². The molecule has 0 heterocycles. The minimum Gasteiger partial charge on any atom is -0.504 e. The molecule has 3 heteroatoms. The summed E-state index contributed by atoms with van der Waals surface area (Å²) in [6.07, 6.45) is 0.862. The average molecular weight is 195 g/mol. The Morgan fingerprint density at radius 1 is 1.21 bits per heavy atom. The van der Waals surface area contributed by atoms with Gasteiger partial charge in [0.2, 0.25) is 0 Å². The normalized spacial score (nSPS) is 13.1. The summed E-state index contributed by atoms with van der Waals surface area (Å²) >= 11 is 0. The van der Waals surface area contributed by atoms with E-state index < -0.39 is 0 Å². The van der Waals surface area contributed by atoms with E-state index in [1.807, 2.05) is 20.2 Å². The highest BCUT2D eigenvalue weighted by molar-refractivity contribution is 5.40. The molecule has 1 unspecified atom stereocenters. The quantitative estimate of drug-likeness (QED) is 0.720. The number of nitrogens with zero attached hydrogens (tertiary/aromatic N) is 1. The van der Waals surface area contributed by atoms with Crippen molar-refractivity contribution in [3.05, 3.63) is 23.8 Å². The van der Waals surface area contributed by atoms with Crippen LogP contribution in [0.1, 0.15) is 12.5 Å². The SMILES string of the molecule is CC(Cc1ccc(O)c(O)c1)N(C)C. The van der Waals surface area contributed by atoms with Crippen LogP contribution in [0.4, 0.5) is 0 Å². The van der Waals surface area contributed by atoms with E-state index in [4.69, 9.17) is 5.11 Å². The van der Waals surface area contributed by atoms with Crippen LogP contribution in [0.15, 0.2) is 18.2 Å². The topological polar surface area (TPSA) is 43.7 Å². The Kier molecular flexibility index (Phi) is 3.36. The van der Waals surface area contributed by atoms with Gasteiger partial charge in [-0.2, -0.15) is 0 Å². The summed E-state index contributed by atoms with van der Waals surface area (Å²) in [4.78, 5) is 2.11. The Labute approximate surface area is 84.6 Å². The number of phenolic OH excluding ortho intramolecular Hbond substituents is 2. The first-order valence-electron chi connectivity index (χ1n) is 4.68. The maximum atomic E-state index is 9.29. The summed E-state index contributed by atoms with van der Waals surface area (Å²) in [7, 11) is 4.04. The summed E-state index contributed by atoms with van der Waals surface area (Å²) in [5.74, 6) is -0.111. The van der Waals surface area contributed by atoms with Crippen LogP contribution < -0.4 is 0 Å². The van der Waals surface area contributed by atoms with E-state index in [2.05, 4.69) is 11.8 Å². The average Bonchev–Trinajstić information content (AvgIpc) is 2.11. The summed E-state index contributed by atoms with van der Waals surface area (Å²) in [6, 6.07) is 5.37. The fraction of sp³-hybridized carbons (Fsp3) is 0.455. The van der Waals surface area contributed by atoms with Crippen LogP contribution in [0.5, 0.6) is 11.5 Å². The van der Waals surface area contributed by atoms with Crippen LogP contribution in [0, 0.1) is 0 Å². The summed E-state index contributed by atoms with van der Waals surface area (Å²) < 4.78 is 0. The number of rotatable bonds is 3. The van der Waals surface area contributed by atoms with Crippen LogP contribution in [0.3, 0.4) is 0 Å². The summed E-state index contributed by atoms with van der Waals surface area (Å²) in [5.41, 5.74) is 1.03. The largest absolute Gasteiger partial charge is 0.504 e. The fourth-order valence-corrected chi connectivity index (χ4v) is 1.22. The molecule has 0 amide bonds. The van der Waals surface area contributed by atoms with Crippen molar-refractivity contribution in [3.8, 4) is 11.5 Å². The minimum atomic E-state index is -0.0637. The number of hydrogen-bond acceptors (Lipinski definition) is 3. The molecule has 0 saturated carbocycles. The molecule has 0 aliphatic heterocycles. The van der Waals surface area contributed by atoms with E-state index in [-0.39, 0.29) is 11.5 Å². The highest BCUT2D eigenvalue weighted by atomic mass is 16.3. The smallest absolute Gasteiger partial charge is 0.157 e. The number of aromatic hydroxyl groups is 2. The zero-order valence-electron chi connectivity index (χ0n) is 8.86. The molecule has 0 saturated heterocycles. The molecule has 3 nitrogen and oxygen atoms in total. The van der Waals surface area contributed by atoms with Crippen molar-refractivity contribution in [1.82, 2.24) is 4.90 Å². The van der Waals surface area contributed by atoms with Gasteiger partial charge < -0.3 is 15.1 Å². The molecule has 1 atom stereocenters. The Morgan fingerprint density at radius 2 is 1.86 bits per heavy atom. The molecule has 1 aromatic rings. The van der Waals surface area contributed by atoms with Gasteiger partial charge in [0.25, 0.3) is 0 Å². The van der Waals surface area contributed by atoms with Crippen molar-refractivity contribution in [3.63, 3.8) is 0 Å². The molecule has 1 rings (SSSR count). The van der Waals surface area contributed by atoms with Gasteiger partial charge in [0.05, 0.1) is 0 Å². The van der Waals surface area contributed by atoms with Crippen molar-refractivity contribution < 1.29 is 10.2 Å². The predicted octanol–water partition coefficient (Wildman–Crippen LogP) is 1.59. The van der Waals surface area contributed by atoms with Crippen LogP contribution in [0.25, 0.3) is 0 Å². The molecule has 14 heavy (non-hydrogen) atoms. The Balaban J connectivity index is 2.73. The highest BCUT2D eigenvalue weighted by Crippen LogP contribution is 2.25. The maximum absolute atomic E-state index is 9.29. The second-order valence-electron chi connectivity index (χ2n) is 3.84. The standard InChI is InChI=1S/C11H17NO2/c1-8(12(2)3)6-9-4-5-10(13)11(14)7-9/h4-5,7-8,13-14H,6H2,1-3H3. The van der Waals surface area contributed by atoms with Crippen molar-refractivity contribution >= 4 is 0 Å². The van der Waals surface area contributed by atoms with E-state index in [0.29, 0.717) is 6.04 Å². The van der Waals surface area contributed by atoms with Gasteiger partial charge >= 0.3 is 0 Å². The molecular formula is C11H17NO2. The molecule has 0 fully saturated rings. The molecule has 1 aromatic carbocycles. The first-order chi connectivity index (χ1) is 6.50. The molecule has 0 aliphatic rings. The van der Waals surface area contributed by atoms with Gasteiger partial charge in [-0.1, -0.05) is 6.07 Å². The van der Waals surface area contributed by atoms with Gasteiger partial charge in [-0.3, -0.25) is 0 Å².